The third kappa shape index (κ3) is 4.45. The van der Waals surface area contributed by atoms with Crippen LogP contribution in [0.25, 0.3) is 10.8 Å². The number of nitrogens with one attached hydrogen (secondary N) is 3. The number of nitrogens with zero attached hydrogens (tertiary/aromatic N) is 1. The van der Waals surface area contributed by atoms with Crippen molar-refractivity contribution < 1.29 is 14.0 Å². The average Bonchev–Trinajstić information content (AvgIpc) is 3.32. The molecule has 0 unspecified atom stereocenters. The molecule has 0 radical (unpaired) electrons. The van der Waals surface area contributed by atoms with Gasteiger partial charge < -0.3 is 15.1 Å². The molecule has 0 fully saturated rings. The van der Waals surface area contributed by atoms with E-state index in [1.807, 2.05) is 0 Å². The Morgan fingerprint density at radius 2 is 1.55 bits per heavy atom. The molecule has 0 aliphatic rings. The highest BCUT2D eigenvalue weighted by Gasteiger charge is 2.10. The predicted octanol–water partition coefficient (Wildman–Crippen LogP) is 2.56. The number of aryl methyl sites for hydroxylation is 1. The molecule has 2 heterocycles. The first kappa shape index (κ1) is 19.9. The quantitative estimate of drug-likeness (QED) is 0.444. The molecule has 2 aromatic heterocycles. The van der Waals surface area contributed by atoms with E-state index < -0.39 is 0 Å². The van der Waals surface area contributed by atoms with Gasteiger partial charge in [-0.3, -0.25) is 24.3 Å². The molecule has 2 aromatic carbocycles. The Morgan fingerprint density at radius 1 is 0.871 bits per heavy atom. The van der Waals surface area contributed by atoms with Gasteiger partial charge in [0.15, 0.2) is 5.76 Å². The zero-order valence-corrected chi connectivity index (χ0v) is 16.3. The summed E-state index contributed by atoms with van der Waals surface area (Å²) in [5.41, 5.74) is 0.322. The molecule has 0 saturated carbocycles. The van der Waals surface area contributed by atoms with Crippen LogP contribution in [0.5, 0.6) is 0 Å². The standard InChI is InChI=1S/C22H18N4O5/c27-19(11-12-26-22(30)17-5-2-1-4-16(17)20(28)25-26)23-14-7-9-15(10-8-14)24-21(29)18-6-3-13-31-18/h1-10,13H,11-12H2,(H,23,27)(H,24,29)(H,25,28). The lowest BCUT2D eigenvalue weighted by molar-refractivity contribution is -0.116. The number of carbonyl (C=O) groups is 2. The van der Waals surface area contributed by atoms with E-state index in [-0.39, 0.29) is 41.7 Å². The number of aromatic nitrogens is 2. The van der Waals surface area contributed by atoms with Crippen LogP contribution in [0.2, 0.25) is 0 Å². The van der Waals surface area contributed by atoms with E-state index in [4.69, 9.17) is 4.42 Å². The van der Waals surface area contributed by atoms with Gasteiger partial charge in [-0.15, -0.1) is 0 Å². The van der Waals surface area contributed by atoms with Crippen molar-refractivity contribution in [3.8, 4) is 0 Å². The lowest BCUT2D eigenvalue weighted by Gasteiger charge is -2.09. The first-order valence-corrected chi connectivity index (χ1v) is 9.48. The SMILES string of the molecule is O=C(CCn1[nH]c(=O)c2ccccc2c1=O)Nc1ccc(NC(=O)c2ccco2)cc1. The maximum absolute atomic E-state index is 12.5. The third-order valence-corrected chi connectivity index (χ3v) is 4.62. The van der Waals surface area contributed by atoms with Crippen molar-refractivity contribution in [2.45, 2.75) is 13.0 Å². The second kappa shape index (κ2) is 8.54. The van der Waals surface area contributed by atoms with Gasteiger partial charge in [-0.1, -0.05) is 12.1 Å². The molecule has 0 aliphatic heterocycles. The lowest BCUT2D eigenvalue weighted by atomic mass is 10.2. The van der Waals surface area contributed by atoms with Crippen LogP contribution < -0.4 is 21.8 Å². The van der Waals surface area contributed by atoms with Gasteiger partial charge in [-0.2, -0.15) is 0 Å². The minimum Gasteiger partial charge on any atom is -0.459 e. The Morgan fingerprint density at radius 3 is 2.23 bits per heavy atom. The molecule has 156 valence electrons. The maximum atomic E-state index is 12.5. The molecule has 2 amide bonds. The van der Waals surface area contributed by atoms with Crippen LogP contribution in [-0.2, 0) is 11.3 Å². The minimum absolute atomic E-state index is 0.00876. The highest BCUT2D eigenvalue weighted by molar-refractivity contribution is 6.02. The molecule has 3 N–H and O–H groups in total. The summed E-state index contributed by atoms with van der Waals surface area (Å²) in [6.07, 6.45) is 1.40. The first-order chi connectivity index (χ1) is 15.0. The molecule has 9 nitrogen and oxygen atoms in total. The second-order valence-corrected chi connectivity index (χ2v) is 6.75. The number of H-pyrrole nitrogens is 1. The van der Waals surface area contributed by atoms with Crippen LogP contribution in [-0.4, -0.2) is 21.6 Å². The number of amides is 2. The zero-order valence-electron chi connectivity index (χ0n) is 16.3. The Bertz CT molecular complexity index is 1350. The van der Waals surface area contributed by atoms with Gasteiger partial charge in [0.2, 0.25) is 5.91 Å². The lowest BCUT2D eigenvalue weighted by Crippen LogP contribution is -2.31. The van der Waals surface area contributed by atoms with Gasteiger partial charge in [0.1, 0.15) is 0 Å². The molecule has 0 bridgehead atoms. The van der Waals surface area contributed by atoms with Crippen molar-refractivity contribution in [1.29, 1.82) is 0 Å². The van der Waals surface area contributed by atoms with Crippen LogP contribution >= 0.6 is 0 Å². The molecule has 0 spiro atoms. The van der Waals surface area contributed by atoms with Crippen LogP contribution in [0.15, 0.2) is 80.9 Å². The summed E-state index contributed by atoms with van der Waals surface area (Å²) in [7, 11) is 0. The minimum atomic E-state index is -0.386. The zero-order chi connectivity index (χ0) is 21.8. The number of benzene rings is 2. The number of aromatic amines is 1. The molecule has 9 heteroatoms. The molecule has 4 rings (SSSR count). The summed E-state index contributed by atoms with van der Waals surface area (Å²) >= 11 is 0. The fourth-order valence-corrected chi connectivity index (χ4v) is 3.08. The monoisotopic (exact) mass is 418 g/mol. The smallest absolute Gasteiger partial charge is 0.291 e. The van der Waals surface area contributed by atoms with Crippen LogP contribution in [0, 0.1) is 0 Å². The fourth-order valence-electron chi connectivity index (χ4n) is 3.08. The van der Waals surface area contributed by atoms with Crippen molar-refractivity contribution >= 4 is 34.0 Å². The number of carbonyl (C=O) groups excluding carboxylic acids is 2. The van der Waals surface area contributed by atoms with Crippen LogP contribution in [0.3, 0.4) is 0 Å². The number of anilines is 2. The van der Waals surface area contributed by atoms with E-state index in [1.165, 1.54) is 6.26 Å². The van der Waals surface area contributed by atoms with Crippen LogP contribution in [0.1, 0.15) is 17.0 Å². The summed E-state index contributed by atoms with van der Waals surface area (Å²) in [5, 5.41) is 8.51. The maximum Gasteiger partial charge on any atom is 0.291 e. The van der Waals surface area contributed by atoms with E-state index in [9.17, 15) is 19.2 Å². The van der Waals surface area contributed by atoms with E-state index in [0.29, 0.717) is 22.1 Å². The molecular formula is C22H18N4O5. The second-order valence-electron chi connectivity index (χ2n) is 6.75. The van der Waals surface area contributed by atoms with Crippen molar-refractivity contribution in [3.05, 3.63) is 93.4 Å². The van der Waals surface area contributed by atoms with E-state index in [0.717, 1.165) is 4.68 Å². The number of hydrogen-bond donors (Lipinski definition) is 3. The largest absolute Gasteiger partial charge is 0.459 e. The highest BCUT2D eigenvalue weighted by atomic mass is 16.3. The van der Waals surface area contributed by atoms with Crippen molar-refractivity contribution in [1.82, 2.24) is 9.78 Å². The van der Waals surface area contributed by atoms with Crippen LogP contribution in [0.4, 0.5) is 11.4 Å². The summed E-state index contributed by atoms with van der Waals surface area (Å²) in [4.78, 5) is 48.8. The van der Waals surface area contributed by atoms with E-state index in [1.54, 1.807) is 60.7 Å². The van der Waals surface area contributed by atoms with E-state index in [2.05, 4.69) is 15.7 Å². The Labute approximate surface area is 175 Å². The molecule has 0 saturated heterocycles. The molecule has 31 heavy (non-hydrogen) atoms. The highest BCUT2D eigenvalue weighted by Crippen LogP contribution is 2.15. The van der Waals surface area contributed by atoms with Crippen molar-refractivity contribution in [3.63, 3.8) is 0 Å². The summed E-state index contributed by atoms with van der Waals surface area (Å²) in [6, 6.07) is 16.3. The van der Waals surface area contributed by atoms with Gasteiger partial charge in [0.25, 0.3) is 17.0 Å². The number of hydrogen-bond acceptors (Lipinski definition) is 5. The Hall–Kier alpha value is -4.40. The number of furan rings is 1. The summed E-state index contributed by atoms with van der Waals surface area (Å²) < 4.78 is 6.17. The van der Waals surface area contributed by atoms with Gasteiger partial charge in [-0.05, 0) is 48.5 Å². The molecule has 4 aromatic rings. The Kier molecular flexibility index (Phi) is 5.48. The predicted molar refractivity (Wildman–Crippen MR) is 115 cm³/mol. The van der Waals surface area contributed by atoms with Crippen molar-refractivity contribution in [2.75, 3.05) is 10.6 Å². The van der Waals surface area contributed by atoms with Gasteiger partial charge >= 0.3 is 0 Å². The third-order valence-electron chi connectivity index (χ3n) is 4.62. The van der Waals surface area contributed by atoms with E-state index >= 15 is 0 Å². The first-order valence-electron chi connectivity index (χ1n) is 9.48. The summed E-state index contributed by atoms with van der Waals surface area (Å²) in [5.74, 6) is -0.510. The van der Waals surface area contributed by atoms with Crippen molar-refractivity contribution in [2.24, 2.45) is 0 Å². The fraction of sp³-hybridized carbons (Fsp3) is 0.0909. The van der Waals surface area contributed by atoms with Gasteiger partial charge in [0, 0.05) is 17.8 Å². The topological polar surface area (TPSA) is 126 Å². The van der Waals surface area contributed by atoms with Gasteiger partial charge in [-0.25, -0.2) is 4.68 Å². The molecule has 0 atom stereocenters. The number of fused-ring (bicyclic) bond motifs is 1. The Balaban J connectivity index is 1.37. The molecular weight excluding hydrogens is 400 g/mol. The normalized spacial score (nSPS) is 10.7. The number of rotatable bonds is 6. The van der Waals surface area contributed by atoms with Gasteiger partial charge in [0.05, 0.1) is 23.6 Å². The average molecular weight is 418 g/mol. The molecule has 0 aliphatic carbocycles. The summed E-state index contributed by atoms with van der Waals surface area (Å²) in [6.45, 7) is 0.0298.